The molecule has 106 valence electrons. The van der Waals surface area contributed by atoms with Crippen molar-refractivity contribution in [1.29, 1.82) is 0 Å². The normalized spacial score (nSPS) is 23.0. The van der Waals surface area contributed by atoms with Gasteiger partial charge in [0.05, 0.1) is 7.11 Å². The summed E-state index contributed by atoms with van der Waals surface area (Å²) in [6, 6.07) is 6.62. The van der Waals surface area contributed by atoms with Crippen LogP contribution in [0.2, 0.25) is 0 Å². The Bertz CT molecular complexity index is 423. The van der Waals surface area contributed by atoms with Gasteiger partial charge in [-0.25, -0.2) is 0 Å². The summed E-state index contributed by atoms with van der Waals surface area (Å²) in [5, 5.41) is 3.63. The van der Waals surface area contributed by atoms with Gasteiger partial charge in [-0.3, -0.25) is 0 Å². The summed E-state index contributed by atoms with van der Waals surface area (Å²) in [6.07, 6.45) is 3.50. The number of hydrogen-bond acceptors (Lipinski definition) is 3. The van der Waals surface area contributed by atoms with E-state index in [-0.39, 0.29) is 5.54 Å². The molecular formula is C16H26N2O. The van der Waals surface area contributed by atoms with Gasteiger partial charge in [0.1, 0.15) is 5.75 Å². The van der Waals surface area contributed by atoms with Crippen molar-refractivity contribution >= 4 is 0 Å². The molecule has 0 spiro atoms. The Labute approximate surface area is 116 Å². The first kappa shape index (κ1) is 14.4. The van der Waals surface area contributed by atoms with Crippen LogP contribution >= 0.6 is 0 Å². The summed E-state index contributed by atoms with van der Waals surface area (Å²) in [5.41, 5.74) is 2.77. The second-order valence-corrected chi connectivity index (χ2v) is 5.95. The average Bonchev–Trinajstić information content (AvgIpc) is 2.84. The molecule has 3 nitrogen and oxygen atoms in total. The molecule has 1 N–H and O–H groups in total. The van der Waals surface area contributed by atoms with E-state index in [0.29, 0.717) is 0 Å². The van der Waals surface area contributed by atoms with E-state index in [0.717, 1.165) is 25.3 Å². The highest BCUT2D eigenvalue weighted by atomic mass is 16.5. The highest BCUT2D eigenvalue weighted by molar-refractivity contribution is 5.42. The molecule has 1 aliphatic rings. The first-order valence-corrected chi connectivity index (χ1v) is 7.12. The van der Waals surface area contributed by atoms with Gasteiger partial charge in [-0.1, -0.05) is 12.1 Å². The minimum atomic E-state index is 0.0689. The lowest BCUT2D eigenvalue weighted by Crippen LogP contribution is -2.33. The van der Waals surface area contributed by atoms with E-state index in [9.17, 15) is 0 Å². The van der Waals surface area contributed by atoms with Crippen molar-refractivity contribution in [2.24, 2.45) is 0 Å². The van der Waals surface area contributed by atoms with Crippen molar-refractivity contribution in [2.75, 3.05) is 34.3 Å². The van der Waals surface area contributed by atoms with Crippen molar-refractivity contribution in [3.05, 3.63) is 29.3 Å². The molecule has 1 heterocycles. The molecule has 2 rings (SSSR count). The Morgan fingerprint density at radius 1 is 1.37 bits per heavy atom. The van der Waals surface area contributed by atoms with Gasteiger partial charge < -0.3 is 15.0 Å². The highest BCUT2D eigenvalue weighted by Gasteiger charge is 2.32. The van der Waals surface area contributed by atoms with E-state index in [1.165, 1.54) is 24.0 Å². The van der Waals surface area contributed by atoms with Crippen LogP contribution in [0.5, 0.6) is 5.75 Å². The summed E-state index contributed by atoms with van der Waals surface area (Å²) >= 11 is 0. The number of nitrogens with one attached hydrogen (secondary N) is 1. The molecule has 1 fully saturated rings. The minimum absolute atomic E-state index is 0.0689. The first-order chi connectivity index (χ1) is 9.05. The Kier molecular flexibility index (Phi) is 4.48. The number of benzene rings is 1. The van der Waals surface area contributed by atoms with Crippen LogP contribution < -0.4 is 10.1 Å². The zero-order valence-corrected chi connectivity index (χ0v) is 12.6. The van der Waals surface area contributed by atoms with Gasteiger partial charge in [0.25, 0.3) is 0 Å². The van der Waals surface area contributed by atoms with Gasteiger partial charge in [-0.2, -0.15) is 0 Å². The summed E-state index contributed by atoms with van der Waals surface area (Å²) in [6.45, 7) is 4.46. The Morgan fingerprint density at radius 3 is 2.74 bits per heavy atom. The zero-order valence-electron chi connectivity index (χ0n) is 12.6. The molecule has 1 aliphatic heterocycles. The highest BCUT2D eigenvalue weighted by Crippen LogP contribution is 2.36. The molecule has 0 amide bonds. The van der Waals surface area contributed by atoms with Crippen LogP contribution in [0, 0.1) is 0 Å². The minimum Gasteiger partial charge on any atom is -0.496 e. The van der Waals surface area contributed by atoms with E-state index >= 15 is 0 Å². The fourth-order valence-electron chi connectivity index (χ4n) is 2.82. The first-order valence-electron chi connectivity index (χ1n) is 7.12. The third kappa shape index (κ3) is 3.28. The third-order valence-corrected chi connectivity index (χ3v) is 4.07. The third-order valence-electron chi connectivity index (χ3n) is 4.07. The van der Waals surface area contributed by atoms with E-state index in [1.807, 2.05) is 0 Å². The number of nitrogens with zero attached hydrogens (tertiary/aromatic N) is 1. The molecule has 0 radical (unpaired) electrons. The maximum atomic E-state index is 5.55. The largest absolute Gasteiger partial charge is 0.496 e. The van der Waals surface area contributed by atoms with Gasteiger partial charge >= 0.3 is 0 Å². The molecule has 1 saturated heterocycles. The number of methoxy groups -OCH3 is 1. The van der Waals surface area contributed by atoms with Gasteiger partial charge in [0, 0.05) is 17.6 Å². The average molecular weight is 262 g/mol. The molecule has 0 aromatic heterocycles. The molecule has 1 aromatic rings. The van der Waals surface area contributed by atoms with Gasteiger partial charge in [0.2, 0.25) is 0 Å². The molecule has 19 heavy (non-hydrogen) atoms. The molecule has 0 saturated carbocycles. The lowest BCUT2D eigenvalue weighted by atomic mass is 9.88. The summed E-state index contributed by atoms with van der Waals surface area (Å²) in [7, 11) is 5.99. The smallest absolute Gasteiger partial charge is 0.123 e. The van der Waals surface area contributed by atoms with Crippen LogP contribution in [0.4, 0.5) is 0 Å². The van der Waals surface area contributed by atoms with Crippen molar-refractivity contribution in [2.45, 2.75) is 31.7 Å². The zero-order chi connectivity index (χ0) is 13.9. The second kappa shape index (κ2) is 5.93. The van der Waals surface area contributed by atoms with Crippen LogP contribution in [0.15, 0.2) is 18.2 Å². The Balaban J connectivity index is 2.26. The van der Waals surface area contributed by atoms with Crippen molar-refractivity contribution in [1.82, 2.24) is 10.2 Å². The summed E-state index contributed by atoms with van der Waals surface area (Å²) in [4.78, 5) is 2.22. The fraction of sp³-hybridized carbons (Fsp3) is 0.625. The van der Waals surface area contributed by atoms with E-state index in [2.05, 4.69) is 49.4 Å². The van der Waals surface area contributed by atoms with Crippen molar-refractivity contribution in [3.8, 4) is 5.75 Å². The van der Waals surface area contributed by atoms with Gasteiger partial charge in [-0.05, 0) is 58.5 Å². The number of ether oxygens (including phenoxy) is 1. The van der Waals surface area contributed by atoms with Gasteiger partial charge in [-0.15, -0.1) is 0 Å². The molecule has 0 aliphatic carbocycles. The molecule has 1 atom stereocenters. The maximum Gasteiger partial charge on any atom is 0.123 e. The maximum absolute atomic E-state index is 5.55. The lowest BCUT2D eigenvalue weighted by Gasteiger charge is -2.27. The molecule has 1 aromatic carbocycles. The van der Waals surface area contributed by atoms with Crippen LogP contribution in [0.1, 0.15) is 30.9 Å². The fourth-order valence-corrected chi connectivity index (χ4v) is 2.82. The van der Waals surface area contributed by atoms with Crippen LogP contribution in [0.3, 0.4) is 0 Å². The van der Waals surface area contributed by atoms with Crippen LogP contribution in [0.25, 0.3) is 0 Å². The Morgan fingerprint density at radius 2 is 2.16 bits per heavy atom. The Hall–Kier alpha value is -1.06. The number of rotatable bonds is 5. The van der Waals surface area contributed by atoms with Crippen LogP contribution in [-0.2, 0) is 12.0 Å². The standard InChI is InChI=1S/C16H26N2O/c1-16(9-5-10-17-16)14-12-13(8-11-18(2)3)6-7-15(14)19-4/h6-7,12,17H,5,8-11H2,1-4H3. The monoisotopic (exact) mass is 262 g/mol. The molecular weight excluding hydrogens is 236 g/mol. The predicted molar refractivity (Wildman–Crippen MR) is 79.8 cm³/mol. The number of likely N-dealkylation sites (N-methyl/N-ethyl adjacent to an activating group) is 1. The summed E-state index contributed by atoms with van der Waals surface area (Å²) < 4.78 is 5.55. The number of hydrogen-bond donors (Lipinski definition) is 1. The summed E-state index contributed by atoms with van der Waals surface area (Å²) in [5.74, 6) is 1.01. The van der Waals surface area contributed by atoms with Gasteiger partial charge in [0.15, 0.2) is 0 Å². The van der Waals surface area contributed by atoms with E-state index in [1.54, 1.807) is 7.11 Å². The SMILES string of the molecule is COc1ccc(CCN(C)C)cc1C1(C)CCCN1. The van der Waals surface area contributed by atoms with Crippen molar-refractivity contribution < 1.29 is 4.74 Å². The molecule has 3 heteroatoms. The predicted octanol–water partition coefficient (Wildman–Crippen LogP) is 2.40. The van der Waals surface area contributed by atoms with E-state index in [4.69, 9.17) is 4.74 Å². The second-order valence-electron chi connectivity index (χ2n) is 5.95. The van der Waals surface area contributed by atoms with Crippen molar-refractivity contribution in [3.63, 3.8) is 0 Å². The topological polar surface area (TPSA) is 24.5 Å². The molecule has 0 bridgehead atoms. The van der Waals surface area contributed by atoms with E-state index < -0.39 is 0 Å². The quantitative estimate of drug-likeness (QED) is 0.882. The molecule has 1 unspecified atom stereocenters. The van der Waals surface area contributed by atoms with Crippen LogP contribution in [-0.4, -0.2) is 39.2 Å². The lowest BCUT2D eigenvalue weighted by molar-refractivity contribution is 0.370.